The van der Waals surface area contributed by atoms with E-state index in [-0.39, 0.29) is 11.8 Å². The van der Waals surface area contributed by atoms with Gasteiger partial charge in [-0.05, 0) is 76.6 Å². The van der Waals surface area contributed by atoms with Gasteiger partial charge in [-0.2, -0.15) is 5.26 Å². The minimum absolute atomic E-state index is 0.265. The van der Waals surface area contributed by atoms with E-state index in [9.17, 15) is 5.26 Å². The molecule has 5 nitrogen and oxygen atoms in total. The van der Waals surface area contributed by atoms with E-state index in [2.05, 4.69) is 128 Å². The number of pyridine rings is 1. The fourth-order valence-corrected chi connectivity index (χ4v) is 6.76. The van der Waals surface area contributed by atoms with Crippen molar-refractivity contribution in [3.05, 3.63) is 126 Å². The molecule has 0 saturated heterocycles. The molecule has 0 amide bonds. The Morgan fingerprint density at radius 1 is 0.696 bits per heavy atom. The summed E-state index contributed by atoms with van der Waals surface area (Å²) in [7, 11) is 0. The number of nitrogens with zero attached hydrogens (tertiary/aromatic N) is 4. The number of imidazole rings is 1. The van der Waals surface area contributed by atoms with Gasteiger partial charge in [0.1, 0.15) is 28.8 Å². The topological polar surface area (TPSA) is 67.6 Å². The zero-order chi connectivity index (χ0) is 31.5. The molecule has 0 aliphatic rings. The molecule has 8 rings (SSSR count). The number of para-hydroxylation sites is 3. The van der Waals surface area contributed by atoms with E-state index >= 15 is 0 Å². The second-order valence-corrected chi connectivity index (χ2v) is 12.6. The summed E-state index contributed by atoms with van der Waals surface area (Å²) in [6.45, 7) is 9.08. The SMILES string of the molecule is CC(C)c1cc(-c2ccccc2)cc(C(C)C)c1-n1c(-c2cccc3c2oc2c4cc(C#N)ncc4ccc32)nc2ccccc21. The molecule has 5 heteroatoms. The van der Waals surface area contributed by atoms with Gasteiger partial charge in [-0.3, -0.25) is 4.57 Å². The lowest BCUT2D eigenvalue weighted by molar-refractivity contribution is 0.673. The Morgan fingerprint density at radius 2 is 1.41 bits per heavy atom. The highest BCUT2D eigenvalue weighted by Gasteiger charge is 2.25. The van der Waals surface area contributed by atoms with Crippen LogP contribution in [0.15, 0.2) is 114 Å². The molecular weight excluding hydrogens is 564 g/mol. The standard InChI is InChI=1S/C41H32N4O/c1-24(2)33-19-28(26-11-6-5-7-12-26)20-34(25(3)4)38(33)45-37-16-9-8-15-36(37)44-41(45)32-14-10-13-30-31-18-17-27-23-43-29(22-42)21-35(27)40(31)46-39(30)32/h5-21,23-25H,1-4H3. The first kappa shape index (κ1) is 27.8. The molecule has 8 aromatic rings. The van der Waals surface area contributed by atoms with Gasteiger partial charge < -0.3 is 4.42 Å². The smallest absolute Gasteiger partial charge is 0.149 e. The summed E-state index contributed by atoms with van der Waals surface area (Å²) in [6, 6.07) is 38.1. The van der Waals surface area contributed by atoms with Crippen molar-refractivity contribution in [3.63, 3.8) is 0 Å². The first-order valence-corrected chi connectivity index (χ1v) is 15.8. The van der Waals surface area contributed by atoms with E-state index in [0.29, 0.717) is 5.69 Å². The summed E-state index contributed by atoms with van der Waals surface area (Å²) >= 11 is 0. The fraction of sp³-hybridized carbons (Fsp3) is 0.146. The van der Waals surface area contributed by atoms with E-state index in [1.807, 2.05) is 18.2 Å². The van der Waals surface area contributed by atoms with Crippen LogP contribution in [0, 0.1) is 11.3 Å². The number of nitriles is 1. The molecule has 5 aromatic carbocycles. The monoisotopic (exact) mass is 596 g/mol. The minimum Gasteiger partial charge on any atom is -0.455 e. The Bertz CT molecular complexity index is 2460. The Kier molecular flexibility index (Phi) is 6.47. The lowest BCUT2D eigenvalue weighted by Gasteiger charge is -2.24. The minimum atomic E-state index is 0.265. The molecular formula is C41H32N4O. The third-order valence-electron chi connectivity index (χ3n) is 9.02. The maximum atomic E-state index is 9.56. The summed E-state index contributed by atoms with van der Waals surface area (Å²) < 4.78 is 9.13. The fourth-order valence-electron chi connectivity index (χ4n) is 6.76. The van der Waals surface area contributed by atoms with E-state index in [0.717, 1.165) is 55.1 Å². The molecule has 0 saturated carbocycles. The van der Waals surface area contributed by atoms with E-state index < -0.39 is 0 Å². The molecule has 0 fully saturated rings. The van der Waals surface area contributed by atoms with Crippen LogP contribution in [0.4, 0.5) is 0 Å². The van der Waals surface area contributed by atoms with Crippen LogP contribution in [0.3, 0.4) is 0 Å². The van der Waals surface area contributed by atoms with Crippen molar-refractivity contribution in [1.29, 1.82) is 5.26 Å². The van der Waals surface area contributed by atoms with Gasteiger partial charge in [-0.15, -0.1) is 0 Å². The Balaban J connectivity index is 1.47. The highest BCUT2D eigenvalue weighted by Crippen LogP contribution is 2.43. The summed E-state index contributed by atoms with van der Waals surface area (Å²) in [4.78, 5) is 9.58. The zero-order valence-electron chi connectivity index (χ0n) is 26.2. The van der Waals surface area contributed by atoms with Crippen molar-refractivity contribution in [2.45, 2.75) is 39.5 Å². The quantitative estimate of drug-likeness (QED) is 0.198. The number of benzene rings is 5. The van der Waals surface area contributed by atoms with Gasteiger partial charge in [-0.25, -0.2) is 9.97 Å². The van der Waals surface area contributed by atoms with Crippen LogP contribution in [0.2, 0.25) is 0 Å². The first-order valence-electron chi connectivity index (χ1n) is 15.8. The van der Waals surface area contributed by atoms with Crippen molar-refractivity contribution in [2.75, 3.05) is 0 Å². The maximum absolute atomic E-state index is 9.56. The summed E-state index contributed by atoms with van der Waals surface area (Å²) in [5.41, 5.74) is 10.9. The van der Waals surface area contributed by atoms with Crippen molar-refractivity contribution in [3.8, 4) is 34.3 Å². The summed E-state index contributed by atoms with van der Waals surface area (Å²) in [5, 5.41) is 13.4. The summed E-state index contributed by atoms with van der Waals surface area (Å²) in [5.74, 6) is 1.37. The van der Waals surface area contributed by atoms with E-state index in [1.54, 1.807) is 6.20 Å². The predicted molar refractivity (Wildman–Crippen MR) is 187 cm³/mol. The molecule has 0 unspecified atom stereocenters. The molecule has 3 aromatic heterocycles. The number of aromatic nitrogens is 3. The number of furan rings is 1. The van der Waals surface area contributed by atoms with Crippen LogP contribution < -0.4 is 0 Å². The predicted octanol–water partition coefficient (Wildman–Crippen LogP) is 10.9. The number of rotatable bonds is 5. The molecule has 3 heterocycles. The van der Waals surface area contributed by atoms with Crippen LogP contribution in [0.1, 0.15) is 56.4 Å². The third-order valence-corrected chi connectivity index (χ3v) is 9.02. The summed E-state index contributed by atoms with van der Waals surface area (Å²) in [6.07, 6.45) is 1.74. The normalized spacial score (nSPS) is 11.8. The zero-order valence-corrected chi connectivity index (χ0v) is 26.2. The van der Waals surface area contributed by atoms with Crippen LogP contribution in [0.25, 0.3) is 71.9 Å². The molecule has 0 aliphatic carbocycles. The Morgan fingerprint density at radius 3 is 2.15 bits per heavy atom. The highest BCUT2D eigenvalue weighted by atomic mass is 16.3. The van der Waals surface area contributed by atoms with E-state index in [1.165, 1.54) is 27.9 Å². The highest BCUT2D eigenvalue weighted by molar-refractivity contribution is 6.17. The van der Waals surface area contributed by atoms with Crippen LogP contribution in [0.5, 0.6) is 0 Å². The molecule has 46 heavy (non-hydrogen) atoms. The van der Waals surface area contributed by atoms with Crippen LogP contribution in [-0.2, 0) is 0 Å². The van der Waals surface area contributed by atoms with Gasteiger partial charge in [0.15, 0.2) is 0 Å². The average Bonchev–Trinajstić information content (AvgIpc) is 3.66. The van der Waals surface area contributed by atoms with Crippen molar-refractivity contribution < 1.29 is 4.42 Å². The molecule has 0 atom stereocenters. The molecule has 222 valence electrons. The van der Waals surface area contributed by atoms with Crippen molar-refractivity contribution in [1.82, 2.24) is 14.5 Å². The maximum Gasteiger partial charge on any atom is 0.149 e. The number of hydrogen-bond donors (Lipinski definition) is 0. The molecule has 0 N–H and O–H groups in total. The first-order chi connectivity index (χ1) is 22.4. The van der Waals surface area contributed by atoms with E-state index in [4.69, 9.17) is 9.40 Å². The van der Waals surface area contributed by atoms with Gasteiger partial charge in [0.2, 0.25) is 0 Å². The molecule has 0 spiro atoms. The largest absolute Gasteiger partial charge is 0.455 e. The Hall–Kier alpha value is -5.73. The molecule has 0 radical (unpaired) electrons. The van der Waals surface area contributed by atoms with Crippen LogP contribution >= 0.6 is 0 Å². The van der Waals surface area contributed by atoms with Gasteiger partial charge in [0, 0.05) is 27.7 Å². The van der Waals surface area contributed by atoms with Gasteiger partial charge >= 0.3 is 0 Å². The van der Waals surface area contributed by atoms with Crippen LogP contribution in [-0.4, -0.2) is 14.5 Å². The molecule has 0 aliphatic heterocycles. The molecule has 0 bridgehead atoms. The van der Waals surface area contributed by atoms with Gasteiger partial charge in [-0.1, -0.05) is 88.4 Å². The van der Waals surface area contributed by atoms with Crippen molar-refractivity contribution in [2.24, 2.45) is 0 Å². The Labute approximate surface area is 267 Å². The number of hydrogen-bond acceptors (Lipinski definition) is 4. The lowest BCUT2D eigenvalue weighted by atomic mass is 9.88. The van der Waals surface area contributed by atoms with Gasteiger partial charge in [0.05, 0.1) is 22.3 Å². The second kappa shape index (κ2) is 10.7. The average molecular weight is 597 g/mol. The third kappa shape index (κ3) is 4.29. The second-order valence-electron chi connectivity index (χ2n) is 12.6. The van der Waals surface area contributed by atoms with Gasteiger partial charge in [0.25, 0.3) is 0 Å². The number of fused-ring (bicyclic) bond motifs is 6. The van der Waals surface area contributed by atoms with Crippen molar-refractivity contribution >= 4 is 43.7 Å². The lowest BCUT2D eigenvalue weighted by Crippen LogP contribution is -2.09.